The van der Waals surface area contributed by atoms with Crippen LogP contribution >= 0.6 is 0 Å². The standard InChI is InChI=1S/C6H11NO2/c1-5(3-4-8)7-6(2)9/h8H,1,3-4H2,2H3,(H,7,9). The molecule has 0 aromatic heterocycles. The lowest BCUT2D eigenvalue weighted by atomic mass is 10.3. The van der Waals surface area contributed by atoms with Gasteiger partial charge >= 0.3 is 0 Å². The van der Waals surface area contributed by atoms with Crippen molar-refractivity contribution < 1.29 is 9.90 Å². The molecule has 9 heavy (non-hydrogen) atoms. The quantitative estimate of drug-likeness (QED) is 0.564. The Hall–Kier alpha value is -0.830. The predicted molar refractivity (Wildman–Crippen MR) is 34.7 cm³/mol. The van der Waals surface area contributed by atoms with Gasteiger partial charge in [0.25, 0.3) is 0 Å². The number of nitrogens with one attached hydrogen (secondary N) is 1. The molecule has 0 saturated carbocycles. The molecule has 0 aromatic carbocycles. The van der Waals surface area contributed by atoms with Gasteiger partial charge in [0.15, 0.2) is 0 Å². The van der Waals surface area contributed by atoms with Gasteiger partial charge in [0.2, 0.25) is 5.91 Å². The number of carbonyl (C=O) groups excluding carboxylic acids is 1. The van der Waals surface area contributed by atoms with Crippen molar-refractivity contribution in [3.8, 4) is 0 Å². The van der Waals surface area contributed by atoms with Gasteiger partial charge in [-0.3, -0.25) is 4.79 Å². The van der Waals surface area contributed by atoms with Gasteiger partial charge in [0.1, 0.15) is 0 Å². The molecule has 0 aromatic rings. The third kappa shape index (κ3) is 5.03. The minimum absolute atomic E-state index is 0.0269. The zero-order valence-corrected chi connectivity index (χ0v) is 5.48. The molecule has 2 N–H and O–H groups in total. The van der Waals surface area contributed by atoms with E-state index in [-0.39, 0.29) is 12.5 Å². The van der Waals surface area contributed by atoms with Gasteiger partial charge in [-0.2, -0.15) is 0 Å². The first-order chi connectivity index (χ1) is 4.16. The highest BCUT2D eigenvalue weighted by atomic mass is 16.3. The molecule has 3 nitrogen and oxygen atoms in total. The molecule has 0 aliphatic rings. The van der Waals surface area contributed by atoms with Gasteiger partial charge in [-0.25, -0.2) is 0 Å². The van der Waals surface area contributed by atoms with Crippen molar-refractivity contribution >= 4 is 5.91 Å². The molecule has 0 spiro atoms. The SMILES string of the molecule is C=C(CCO)NC(C)=O. The van der Waals surface area contributed by atoms with E-state index in [1.54, 1.807) is 0 Å². The molecule has 0 fully saturated rings. The van der Waals surface area contributed by atoms with Crippen LogP contribution in [0.4, 0.5) is 0 Å². The fraction of sp³-hybridized carbons (Fsp3) is 0.500. The highest BCUT2D eigenvalue weighted by Gasteiger charge is 1.93. The van der Waals surface area contributed by atoms with E-state index in [1.807, 2.05) is 0 Å². The molecule has 0 aliphatic carbocycles. The zero-order chi connectivity index (χ0) is 7.28. The summed E-state index contributed by atoms with van der Waals surface area (Å²) in [7, 11) is 0. The lowest BCUT2D eigenvalue weighted by Crippen LogP contribution is -2.18. The van der Waals surface area contributed by atoms with Gasteiger partial charge in [0, 0.05) is 25.6 Å². The fourth-order valence-corrected chi connectivity index (χ4v) is 0.446. The first-order valence-electron chi connectivity index (χ1n) is 2.73. The minimum Gasteiger partial charge on any atom is -0.396 e. The maximum atomic E-state index is 10.3. The molecule has 0 rings (SSSR count). The summed E-state index contributed by atoms with van der Waals surface area (Å²) < 4.78 is 0. The second-order valence-corrected chi connectivity index (χ2v) is 1.76. The maximum absolute atomic E-state index is 10.3. The van der Waals surface area contributed by atoms with E-state index < -0.39 is 0 Å². The van der Waals surface area contributed by atoms with Crippen molar-refractivity contribution in [2.24, 2.45) is 0 Å². The maximum Gasteiger partial charge on any atom is 0.220 e. The Balaban J connectivity index is 3.39. The molecular weight excluding hydrogens is 118 g/mol. The lowest BCUT2D eigenvalue weighted by Gasteiger charge is -2.01. The highest BCUT2D eigenvalue weighted by Crippen LogP contribution is 1.88. The topological polar surface area (TPSA) is 49.3 Å². The monoisotopic (exact) mass is 129 g/mol. The van der Waals surface area contributed by atoms with Crippen molar-refractivity contribution in [1.29, 1.82) is 0 Å². The number of aliphatic hydroxyl groups is 1. The number of rotatable bonds is 3. The van der Waals surface area contributed by atoms with Gasteiger partial charge < -0.3 is 10.4 Å². The third-order valence-electron chi connectivity index (χ3n) is 0.766. The van der Waals surface area contributed by atoms with E-state index in [0.717, 1.165) is 0 Å². The van der Waals surface area contributed by atoms with Crippen LogP contribution in [0, 0.1) is 0 Å². The summed E-state index contributed by atoms with van der Waals surface area (Å²) in [4.78, 5) is 10.3. The van der Waals surface area contributed by atoms with Gasteiger partial charge in [-0.05, 0) is 0 Å². The van der Waals surface area contributed by atoms with Crippen LogP contribution in [0.3, 0.4) is 0 Å². The van der Waals surface area contributed by atoms with Crippen LogP contribution < -0.4 is 5.32 Å². The molecule has 0 unspecified atom stereocenters. The van der Waals surface area contributed by atoms with E-state index in [0.29, 0.717) is 12.1 Å². The van der Waals surface area contributed by atoms with Crippen molar-refractivity contribution in [2.75, 3.05) is 6.61 Å². The number of hydrogen-bond donors (Lipinski definition) is 2. The molecule has 0 saturated heterocycles. The fourth-order valence-electron chi connectivity index (χ4n) is 0.446. The van der Waals surface area contributed by atoms with Gasteiger partial charge in [-0.15, -0.1) is 0 Å². The summed E-state index contributed by atoms with van der Waals surface area (Å²) in [6.07, 6.45) is 0.430. The number of amides is 1. The zero-order valence-electron chi connectivity index (χ0n) is 5.48. The Kier molecular flexibility index (Phi) is 3.71. The van der Waals surface area contributed by atoms with Gasteiger partial charge in [-0.1, -0.05) is 6.58 Å². The predicted octanol–water partition coefficient (Wildman–Crippen LogP) is 0.0186. The van der Waals surface area contributed by atoms with Crippen LogP contribution in [0.15, 0.2) is 12.3 Å². The lowest BCUT2D eigenvalue weighted by molar-refractivity contribution is -0.118. The van der Waals surface area contributed by atoms with Crippen LogP contribution in [0.25, 0.3) is 0 Å². The summed E-state index contributed by atoms with van der Waals surface area (Å²) >= 11 is 0. The van der Waals surface area contributed by atoms with E-state index >= 15 is 0 Å². The molecule has 0 atom stereocenters. The molecular formula is C6H11NO2. The second kappa shape index (κ2) is 4.09. The molecule has 0 bridgehead atoms. The number of carbonyl (C=O) groups is 1. The molecule has 3 heteroatoms. The Labute approximate surface area is 54.4 Å². The summed E-state index contributed by atoms with van der Waals surface area (Å²) in [5.41, 5.74) is 0.560. The minimum atomic E-state index is -0.145. The molecule has 0 radical (unpaired) electrons. The molecule has 1 amide bonds. The summed E-state index contributed by atoms with van der Waals surface area (Å²) in [6.45, 7) is 4.92. The van der Waals surface area contributed by atoms with E-state index in [2.05, 4.69) is 11.9 Å². The summed E-state index contributed by atoms with van der Waals surface area (Å²) in [6, 6.07) is 0. The molecule has 0 aliphatic heterocycles. The van der Waals surface area contributed by atoms with Crippen LogP contribution in [-0.4, -0.2) is 17.6 Å². The number of aliphatic hydroxyl groups excluding tert-OH is 1. The van der Waals surface area contributed by atoms with Gasteiger partial charge in [0.05, 0.1) is 0 Å². The van der Waals surface area contributed by atoms with Crippen molar-refractivity contribution in [3.05, 3.63) is 12.3 Å². The van der Waals surface area contributed by atoms with Crippen LogP contribution in [0.5, 0.6) is 0 Å². The van der Waals surface area contributed by atoms with Crippen molar-refractivity contribution in [2.45, 2.75) is 13.3 Å². The third-order valence-corrected chi connectivity index (χ3v) is 0.766. The van der Waals surface area contributed by atoms with Crippen LogP contribution in [-0.2, 0) is 4.79 Å². The smallest absolute Gasteiger partial charge is 0.220 e. The Morgan fingerprint density at radius 2 is 2.33 bits per heavy atom. The summed E-state index contributed by atoms with van der Waals surface area (Å²) in [5, 5.41) is 10.8. The van der Waals surface area contributed by atoms with E-state index in [9.17, 15) is 4.79 Å². The highest BCUT2D eigenvalue weighted by molar-refractivity contribution is 5.74. The van der Waals surface area contributed by atoms with Crippen molar-refractivity contribution in [3.63, 3.8) is 0 Å². The average molecular weight is 129 g/mol. The first-order valence-corrected chi connectivity index (χ1v) is 2.73. The molecule has 0 heterocycles. The number of hydrogen-bond acceptors (Lipinski definition) is 2. The summed E-state index contributed by atoms with van der Waals surface area (Å²) in [5.74, 6) is -0.145. The molecule has 52 valence electrons. The van der Waals surface area contributed by atoms with Crippen LogP contribution in [0.1, 0.15) is 13.3 Å². The second-order valence-electron chi connectivity index (χ2n) is 1.76. The first kappa shape index (κ1) is 8.17. The largest absolute Gasteiger partial charge is 0.396 e. The van der Waals surface area contributed by atoms with E-state index in [4.69, 9.17) is 5.11 Å². The Morgan fingerprint density at radius 1 is 1.78 bits per heavy atom. The normalized spacial score (nSPS) is 8.67. The van der Waals surface area contributed by atoms with E-state index in [1.165, 1.54) is 6.92 Å². The average Bonchev–Trinajstić information content (AvgIpc) is 1.63. The Bertz CT molecular complexity index is 120. The van der Waals surface area contributed by atoms with Crippen molar-refractivity contribution in [1.82, 2.24) is 5.32 Å². The Morgan fingerprint density at radius 3 is 2.67 bits per heavy atom. The van der Waals surface area contributed by atoms with Crippen LogP contribution in [0.2, 0.25) is 0 Å².